The van der Waals surface area contributed by atoms with Gasteiger partial charge in [-0.3, -0.25) is 19.2 Å². The molecule has 4 atom stereocenters. The van der Waals surface area contributed by atoms with Gasteiger partial charge in [0.25, 0.3) is 0 Å². The number of nitrogens with two attached hydrogens (primary N) is 2. The third kappa shape index (κ3) is 10.9. The van der Waals surface area contributed by atoms with Gasteiger partial charge in [0.1, 0.15) is 18.1 Å². The number of carboxylic acids is 1. The molecule has 2 aromatic rings. The number of carbonyl (C=O) groups excluding carboxylic acids is 4. The summed E-state index contributed by atoms with van der Waals surface area (Å²) in [5.74, 6) is -4.31. The van der Waals surface area contributed by atoms with Gasteiger partial charge in [0, 0.05) is 6.42 Å². The van der Waals surface area contributed by atoms with Gasteiger partial charge < -0.3 is 32.5 Å². The zero-order chi connectivity index (χ0) is 28.9. The molecular formula is C28H37N5O6. The predicted octanol–water partition coefficient (Wildman–Crippen LogP) is 0.260. The van der Waals surface area contributed by atoms with Crippen molar-refractivity contribution in [3.8, 4) is 0 Å². The molecule has 4 amide bonds. The fraction of sp³-hybridized carbons (Fsp3) is 0.393. The molecule has 0 saturated carbocycles. The van der Waals surface area contributed by atoms with Crippen LogP contribution < -0.4 is 27.4 Å². The topological polar surface area (TPSA) is 194 Å². The Morgan fingerprint density at radius 2 is 1.18 bits per heavy atom. The van der Waals surface area contributed by atoms with E-state index in [4.69, 9.17) is 11.5 Å². The third-order valence-corrected chi connectivity index (χ3v) is 5.91. The monoisotopic (exact) mass is 539 g/mol. The number of aliphatic carboxylic acids is 1. The Balaban J connectivity index is 2.12. The van der Waals surface area contributed by atoms with Crippen molar-refractivity contribution in [3.63, 3.8) is 0 Å². The highest BCUT2D eigenvalue weighted by Crippen LogP contribution is 2.09. The molecule has 0 aliphatic carbocycles. The summed E-state index contributed by atoms with van der Waals surface area (Å²) in [7, 11) is 0. The number of carbonyl (C=O) groups is 5. The molecule has 2 aromatic carbocycles. The van der Waals surface area contributed by atoms with Crippen LogP contribution in [0, 0.1) is 5.92 Å². The van der Waals surface area contributed by atoms with Crippen LogP contribution in [0.5, 0.6) is 0 Å². The van der Waals surface area contributed by atoms with Gasteiger partial charge >= 0.3 is 5.97 Å². The summed E-state index contributed by atoms with van der Waals surface area (Å²) < 4.78 is 0. The summed E-state index contributed by atoms with van der Waals surface area (Å²) in [6.45, 7) is 3.66. The second-order valence-electron chi connectivity index (χ2n) is 9.81. The van der Waals surface area contributed by atoms with Crippen molar-refractivity contribution in [3.05, 3.63) is 71.8 Å². The zero-order valence-corrected chi connectivity index (χ0v) is 22.1. The van der Waals surface area contributed by atoms with Crippen LogP contribution in [0.25, 0.3) is 0 Å². The third-order valence-electron chi connectivity index (χ3n) is 5.91. The van der Waals surface area contributed by atoms with Gasteiger partial charge in [0.2, 0.25) is 23.6 Å². The largest absolute Gasteiger partial charge is 0.480 e. The lowest BCUT2D eigenvalue weighted by atomic mass is 10.0. The van der Waals surface area contributed by atoms with E-state index in [0.29, 0.717) is 5.56 Å². The molecule has 2 rings (SSSR count). The van der Waals surface area contributed by atoms with Gasteiger partial charge in [-0.2, -0.15) is 0 Å². The standard InChI is InChI=1S/C28H37N5O6/c1-17(2)13-21(26(36)33-23(28(38)39)15-19-11-7-4-8-12-19)32-27(37)22(16-24(30)34)31-25(35)20(29)14-18-9-5-3-6-10-18/h3-12,17,20-23H,13-16,29H2,1-2H3,(H2,30,34)(H,31,35)(H,32,37)(H,33,36)(H,38,39). The minimum Gasteiger partial charge on any atom is -0.480 e. The first kappa shape index (κ1) is 31.0. The molecule has 4 unspecified atom stereocenters. The number of nitrogens with one attached hydrogen (secondary N) is 3. The Morgan fingerprint density at radius 1 is 0.718 bits per heavy atom. The van der Waals surface area contributed by atoms with Crippen molar-refractivity contribution < 1.29 is 29.1 Å². The van der Waals surface area contributed by atoms with Gasteiger partial charge in [-0.15, -0.1) is 0 Å². The van der Waals surface area contributed by atoms with E-state index in [0.717, 1.165) is 5.56 Å². The van der Waals surface area contributed by atoms with Crippen LogP contribution in [0.2, 0.25) is 0 Å². The number of primary amides is 1. The van der Waals surface area contributed by atoms with Crippen LogP contribution in [0.1, 0.15) is 37.8 Å². The second kappa shape index (κ2) is 15.2. The van der Waals surface area contributed by atoms with Crippen molar-refractivity contribution >= 4 is 29.6 Å². The Kier molecular flexibility index (Phi) is 12.1. The van der Waals surface area contributed by atoms with Gasteiger partial charge in [0.05, 0.1) is 12.5 Å². The van der Waals surface area contributed by atoms with Crippen LogP contribution in [-0.2, 0) is 36.8 Å². The molecule has 0 aliphatic heterocycles. The highest BCUT2D eigenvalue weighted by Gasteiger charge is 2.31. The van der Waals surface area contributed by atoms with Gasteiger partial charge in [-0.25, -0.2) is 4.79 Å². The molecular weight excluding hydrogens is 502 g/mol. The molecule has 210 valence electrons. The minimum atomic E-state index is -1.38. The number of hydrogen-bond donors (Lipinski definition) is 6. The van der Waals surface area contributed by atoms with E-state index in [-0.39, 0.29) is 25.2 Å². The lowest BCUT2D eigenvalue weighted by Gasteiger charge is -2.26. The fourth-order valence-electron chi connectivity index (χ4n) is 3.95. The Morgan fingerprint density at radius 3 is 1.67 bits per heavy atom. The predicted molar refractivity (Wildman–Crippen MR) is 145 cm³/mol. The maximum atomic E-state index is 13.1. The summed E-state index contributed by atoms with van der Waals surface area (Å²) in [6, 6.07) is 13.1. The molecule has 0 spiro atoms. The van der Waals surface area contributed by atoms with E-state index in [1.807, 2.05) is 19.9 Å². The van der Waals surface area contributed by atoms with Crippen molar-refractivity contribution in [2.75, 3.05) is 0 Å². The summed E-state index contributed by atoms with van der Waals surface area (Å²) in [4.78, 5) is 62.5. The van der Waals surface area contributed by atoms with E-state index < -0.39 is 60.2 Å². The molecule has 0 radical (unpaired) electrons. The SMILES string of the molecule is CC(C)CC(NC(=O)C(CC(N)=O)NC(=O)C(N)Cc1ccccc1)C(=O)NC(Cc1ccccc1)C(=O)O. The average Bonchev–Trinajstić information content (AvgIpc) is 2.88. The molecule has 0 fully saturated rings. The normalized spacial score (nSPS) is 13.9. The van der Waals surface area contributed by atoms with Crippen LogP contribution in [0.15, 0.2) is 60.7 Å². The van der Waals surface area contributed by atoms with E-state index >= 15 is 0 Å². The molecule has 11 nitrogen and oxygen atoms in total. The lowest BCUT2D eigenvalue weighted by molar-refractivity contribution is -0.142. The van der Waals surface area contributed by atoms with Crippen LogP contribution in [-0.4, -0.2) is 58.9 Å². The number of carboxylic acid groups (broad SMARTS) is 1. The highest BCUT2D eigenvalue weighted by molar-refractivity contribution is 5.96. The van der Waals surface area contributed by atoms with E-state index in [2.05, 4.69) is 16.0 Å². The van der Waals surface area contributed by atoms with Gasteiger partial charge in [0.15, 0.2) is 0 Å². The summed E-state index contributed by atoms with van der Waals surface area (Å²) in [5.41, 5.74) is 12.8. The van der Waals surface area contributed by atoms with Crippen LogP contribution >= 0.6 is 0 Å². The quantitative estimate of drug-likeness (QED) is 0.187. The van der Waals surface area contributed by atoms with Crippen molar-refractivity contribution in [1.82, 2.24) is 16.0 Å². The Bertz CT molecular complexity index is 1130. The van der Waals surface area contributed by atoms with E-state index in [1.165, 1.54) is 0 Å². The molecule has 11 heteroatoms. The van der Waals surface area contributed by atoms with Gasteiger partial charge in [-0.1, -0.05) is 74.5 Å². The number of benzene rings is 2. The minimum absolute atomic E-state index is 0.0456. The molecule has 0 heterocycles. The fourth-order valence-corrected chi connectivity index (χ4v) is 3.95. The second-order valence-corrected chi connectivity index (χ2v) is 9.81. The zero-order valence-electron chi connectivity index (χ0n) is 22.1. The maximum absolute atomic E-state index is 13.1. The molecule has 0 aliphatic rings. The smallest absolute Gasteiger partial charge is 0.326 e. The summed E-state index contributed by atoms with van der Waals surface area (Å²) in [5, 5.41) is 17.2. The first-order chi connectivity index (χ1) is 18.5. The maximum Gasteiger partial charge on any atom is 0.326 e. The number of rotatable bonds is 15. The molecule has 0 saturated heterocycles. The molecule has 39 heavy (non-hydrogen) atoms. The number of amides is 4. The van der Waals surface area contributed by atoms with Crippen molar-refractivity contribution in [1.29, 1.82) is 0 Å². The van der Waals surface area contributed by atoms with Gasteiger partial charge in [-0.05, 0) is 29.9 Å². The first-order valence-corrected chi connectivity index (χ1v) is 12.7. The van der Waals surface area contributed by atoms with Crippen molar-refractivity contribution in [2.45, 2.75) is 63.7 Å². The Labute approximate surface area is 227 Å². The summed E-state index contributed by atoms with van der Waals surface area (Å²) >= 11 is 0. The molecule has 0 bridgehead atoms. The van der Waals surface area contributed by atoms with E-state index in [1.54, 1.807) is 54.6 Å². The summed E-state index contributed by atoms with van der Waals surface area (Å²) in [6.07, 6.45) is -0.0880. The van der Waals surface area contributed by atoms with Crippen molar-refractivity contribution in [2.24, 2.45) is 17.4 Å². The average molecular weight is 540 g/mol. The van der Waals surface area contributed by atoms with E-state index in [9.17, 15) is 29.1 Å². The van der Waals surface area contributed by atoms with Crippen LogP contribution in [0.4, 0.5) is 0 Å². The molecule has 8 N–H and O–H groups in total. The first-order valence-electron chi connectivity index (χ1n) is 12.7. The highest BCUT2D eigenvalue weighted by atomic mass is 16.4. The number of hydrogen-bond acceptors (Lipinski definition) is 6. The molecule has 0 aromatic heterocycles. The lowest BCUT2D eigenvalue weighted by Crippen LogP contribution is -2.58. The Hall–Kier alpha value is -4.25. The van der Waals surface area contributed by atoms with Crippen LogP contribution in [0.3, 0.4) is 0 Å².